The summed E-state index contributed by atoms with van der Waals surface area (Å²) in [5, 5.41) is 13.1. The molecule has 0 saturated carbocycles. The van der Waals surface area contributed by atoms with Gasteiger partial charge in [-0.25, -0.2) is 4.98 Å². The van der Waals surface area contributed by atoms with Crippen molar-refractivity contribution in [3.63, 3.8) is 0 Å². The summed E-state index contributed by atoms with van der Waals surface area (Å²) in [4.78, 5) is 16.4. The van der Waals surface area contributed by atoms with Crippen molar-refractivity contribution >= 4 is 28.1 Å². The van der Waals surface area contributed by atoms with Crippen LogP contribution in [0.25, 0.3) is 0 Å². The number of nitrogen functional groups attached to an aromatic ring is 1. The molecule has 0 aliphatic heterocycles. The number of carbonyl (C=O) groups excluding carboxylic acids is 1. The highest BCUT2D eigenvalue weighted by Gasteiger charge is 2.08. The molecule has 6 heteroatoms. The molecule has 0 aliphatic rings. The number of anilines is 2. The molecule has 0 saturated heterocycles. The van der Waals surface area contributed by atoms with Gasteiger partial charge in [-0.2, -0.15) is 0 Å². The molecule has 0 radical (unpaired) electrons. The van der Waals surface area contributed by atoms with Crippen LogP contribution in [0.15, 0.2) is 53.7 Å². The Hall–Kier alpha value is -2.70. The molecule has 0 unspecified atom stereocenters. The number of hydrogen-bond acceptors (Lipinski definition) is 5. The van der Waals surface area contributed by atoms with Gasteiger partial charge in [0.1, 0.15) is 0 Å². The van der Waals surface area contributed by atoms with Crippen molar-refractivity contribution in [2.45, 2.75) is 45.0 Å². The number of amides is 1. The van der Waals surface area contributed by atoms with E-state index in [0.29, 0.717) is 0 Å². The fourth-order valence-corrected chi connectivity index (χ4v) is 2.74. The topological polar surface area (TPSA) is 88.2 Å². The Morgan fingerprint density at radius 3 is 2.86 bits per heavy atom. The van der Waals surface area contributed by atoms with Crippen molar-refractivity contribution in [1.82, 2.24) is 4.98 Å². The van der Waals surface area contributed by atoms with Gasteiger partial charge in [0.15, 0.2) is 5.13 Å². The van der Waals surface area contributed by atoms with E-state index in [1.807, 2.05) is 0 Å². The fourth-order valence-electron chi connectivity index (χ4n) is 2.24. The molecule has 152 valence electrons. The molecule has 1 atom stereocenters. The molecule has 3 rings (SSSR count). The van der Waals surface area contributed by atoms with Crippen LogP contribution in [0.1, 0.15) is 65.5 Å². The van der Waals surface area contributed by atoms with Crippen LogP contribution in [0.5, 0.6) is 0 Å². The van der Waals surface area contributed by atoms with E-state index in [0.717, 1.165) is 11.3 Å². The van der Waals surface area contributed by atoms with Gasteiger partial charge in [-0.1, -0.05) is 48.2 Å². The normalized spacial score (nSPS) is 19.3. The first kappa shape index (κ1) is 9.87. The number of thiazole rings is 1. The molecule has 0 fully saturated rings. The van der Waals surface area contributed by atoms with Gasteiger partial charge >= 0.3 is 0 Å². The van der Waals surface area contributed by atoms with Crippen molar-refractivity contribution in [3.05, 3.63) is 76.1 Å². The number of aliphatic hydroxyl groups is 1. The zero-order chi connectivity index (χ0) is 32.1. The largest absolute Gasteiger partial charge is 0.388 e. The molecular weight excluding hydrogens is 382 g/mol. The van der Waals surface area contributed by atoms with Crippen LogP contribution in [0.2, 0.25) is 0 Å². The summed E-state index contributed by atoms with van der Waals surface area (Å²) in [7, 11) is 0. The van der Waals surface area contributed by atoms with Gasteiger partial charge in [-0.3, -0.25) is 4.79 Å². The first-order valence-electron chi connectivity index (χ1n) is 15.1. The van der Waals surface area contributed by atoms with Crippen LogP contribution < -0.4 is 11.1 Å². The van der Waals surface area contributed by atoms with E-state index in [9.17, 15) is 9.90 Å². The van der Waals surface area contributed by atoms with Gasteiger partial charge in [0, 0.05) is 16.5 Å². The fraction of sp³-hybridized carbons (Fsp3) is 0.304. The zero-order valence-corrected chi connectivity index (χ0v) is 16.3. The lowest BCUT2D eigenvalue weighted by atomic mass is 10.00. The van der Waals surface area contributed by atoms with E-state index in [4.69, 9.17) is 23.6 Å². The minimum atomic E-state index is -2.82. The first-order chi connectivity index (χ1) is 19.2. The van der Waals surface area contributed by atoms with Crippen LogP contribution in [0.3, 0.4) is 0 Å². The highest BCUT2D eigenvalue weighted by molar-refractivity contribution is 7.13. The third-order valence-electron chi connectivity index (χ3n) is 3.55. The summed E-state index contributed by atoms with van der Waals surface area (Å²) < 4.78 is 106. The van der Waals surface area contributed by atoms with Gasteiger partial charge in [0.05, 0.1) is 30.6 Å². The van der Waals surface area contributed by atoms with Gasteiger partial charge in [-0.15, -0.1) is 11.3 Å². The molecule has 1 aromatic heterocycles. The number of hydrogen-bond donors (Lipinski definition) is 3. The summed E-state index contributed by atoms with van der Waals surface area (Å²) in [5.74, 6) is -0.785. The van der Waals surface area contributed by atoms with Crippen LogP contribution in [-0.4, -0.2) is 16.0 Å². The molecule has 29 heavy (non-hydrogen) atoms. The Labute approximate surface area is 193 Å². The maximum atomic E-state index is 12.5. The average Bonchev–Trinajstić information content (AvgIpc) is 3.20. The Morgan fingerprint density at radius 2 is 2.14 bits per heavy atom. The third kappa shape index (κ3) is 6.69. The highest BCUT2D eigenvalue weighted by atomic mass is 32.1. The summed E-state index contributed by atoms with van der Waals surface area (Å²) in [6, 6.07) is -5.04. The number of nitrogens with zero attached hydrogens (tertiary/aromatic N) is 1. The first-order valence-corrected chi connectivity index (χ1v) is 9.37. The Bertz CT molecular complexity index is 1500. The Balaban J connectivity index is 1.88. The van der Waals surface area contributed by atoms with Crippen molar-refractivity contribution < 1.29 is 27.7 Å². The second-order valence-corrected chi connectivity index (χ2v) is 6.75. The molecule has 4 N–H and O–H groups in total. The minimum absolute atomic E-state index is 0.0497. The number of aromatic nitrogens is 1. The van der Waals surface area contributed by atoms with E-state index >= 15 is 0 Å². The molecule has 0 aliphatic carbocycles. The molecule has 3 aromatic rings. The van der Waals surface area contributed by atoms with E-state index in [2.05, 4.69) is 10.3 Å². The van der Waals surface area contributed by atoms with Crippen molar-refractivity contribution in [3.8, 4) is 0 Å². The second-order valence-electron chi connectivity index (χ2n) is 5.93. The molecule has 2 aromatic carbocycles. The molecule has 0 bridgehead atoms. The number of nitrogens with one attached hydrogen (secondary N) is 1. The third-order valence-corrected chi connectivity index (χ3v) is 4.19. The molecule has 1 amide bonds. The van der Waals surface area contributed by atoms with Crippen LogP contribution in [-0.2, 0) is 17.6 Å². The quantitative estimate of drug-likeness (QED) is 0.468. The molecule has 5 nitrogen and oxygen atoms in total. The Morgan fingerprint density at radius 1 is 1.34 bits per heavy atom. The lowest BCUT2D eigenvalue weighted by Crippen LogP contribution is -2.14. The molecule has 0 spiro atoms. The van der Waals surface area contributed by atoms with E-state index in [1.165, 1.54) is 6.92 Å². The predicted octanol–water partition coefficient (Wildman–Crippen LogP) is 4.66. The van der Waals surface area contributed by atoms with Crippen LogP contribution in [0, 0.1) is 6.92 Å². The maximum absolute atomic E-state index is 12.5. The minimum Gasteiger partial charge on any atom is -0.388 e. The number of benzene rings is 2. The maximum Gasteiger partial charge on any atom is 0.230 e. The number of carbonyl (C=O) groups is 1. The monoisotopic (exact) mass is 422 g/mol. The summed E-state index contributed by atoms with van der Waals surface area (Å²) >= 11 is 0.850. The number of aliphatic hydroxyl groups excluding tert-OH is 1. The summed E-state index contributed by atoms with van der Waals surface area (Å²) in [6.07, 6.45) is -9.92. The van der Waals surface area contributed by atoms with Gasteiger partial charge < -0.3 is 16.2 Å². The van der Waals surface area contributed by atoms with Gasteiger partial charge in [0.25, 0.3) is 0 Å². The number of rotatable bonds is 9. The van der Waals surface area contributed by atoms with Crippen molar-refractivity contribution in [1.29, 1.82) is 0 Å². The predicted molar refractivity (Wildman–Crippen MR) is 119 cm³/mol. The average molecular weight is 423 g/mol. The lowest BCUT2D eigenvalue weighted by Gasteiger charge is -2.11. The zero-order valence-electron chi connectivity index (χ0n) is 28.5. The van der Waals surface area contributed by atoms with E-state index < -0.39 is 109 Å². The Kier molecular flexibility index (Phi) is 3.47. The van der Waals surface area contributed by atoms with Crippen LogP contribution in [0.4, 0.5) is 10.8 Å². The SMILES string of the molecule is [2H]c1sc(N)nc1CC(=O)Nc1c([2H])c([2H])c(CC([2H])([2H])CC([2H])([2H])[C@H](O)c2c([2H])c([2H])c([2H])c(C)c2[2H])c([2H])c1[2H]. The molecular formula is C23H27N3O2S. The van der Waals surface area contributed by atoms with Crippen LogP contribution >= 0.6 is 11.3 Å². The summed E-state index contributed by atoms with van der Waals surface area (Å²) in [6.45, 7) is 1.31. The van der Waals surface area contributed by atoms with E-state index in [1.54, 1.807) is 0 Å². The molecule has 1 heterocycles. The standard InChI is InChI=1S/C23H27N3O2S/c1-16-5-4-7-18(13-16)21(27)8-3-2-6-17-9-11-19(12-10-17)25-22(28)14-20-15-29-23(24)26-20/h4-5,7,9-13,15,21,27H,2-3,6,8,14H2,1H3,(H2,24,26)(H,25,28)/t21-/m0/s1/i2D2,4D,5D,7D,8D2,9D,10D,11D,12D,13D,15D. The smallest absolute Gasteiger partial charge is 0.230 e. The lowest BCUT2D eigenvalue weighted by molar-refractivity contribution is -0.115. The van der Waals surface area contributed by atoms with Gasteiger partial charge in [-0.05, 0) is 49.3 Å². The highest BCUT2D eigenvalue weighted by Crippen LogP contribution is 2.21. The van der Waals surface area contributed by atoms with Gasteiger partial charge in [0.2, 0.25) is 5.91 Å². The second kappa shape index (κ2) is 10.2. The summed E-state index contributed by atoms with van der Waals surface area (Å²) in [5.41, 5.74) is 4.06. The van der Waals surface area contributed by atoms with Crippen molar-refractivity contribution in [2.24, 2.45) is 0 Å². The van der Waals surface area contributed by atoms with Crippen molar-refractivity contribution in [2.75, 3.05) is 11.1 Å². The van der Waals surface area contributed by atoms with E-state index in [-0.39, 0.29) is 21.7 Å². The number of nitrogens with two attached hydrogens (primary N) is 1.